The zero-order valence-electron chi connectivity index (χ0n) is 18.3. The van der Waals surface area contributed by atoms with Crippen molar-refractivity contribution in [2.24, 2.45) is 11.3 Å². The number of piperidine rings is 1. The molecule has 34 heavy (non-hydrogen) atoms. The normalized spacial score (nSPS) is 30.7. The van der Waals surface area contributed by atoms with Crippen molar-refractivity contribution in [1.82, 2.24) is 9.88 Å². The van der Waals surface area contributed by atoms with Gasteiger partial charge in [-0.15, -0.1) is 11.2 Å². The molecular weight excluding hydrogens is 477 g/mol. The summed E-state index contributed by atoms with van der Waals surface area (Å²) in [6.45, 7) is 0.839. The van der Waals surface area contributed by atoms with Gasteiger partial charge in [-0.3, -0.25) is 13.8 Å². The Hall–Kier alpha value is -2.60. The Labute approximate surface area is 193 Å². The summed E-state index contributed by atoms with van der Waals surface area (Å²) in [7, 11) is -3.91. The van der Waals surface area contributed by atoms with Crippen LogP contribution in [0.4, 0.5) is 13.2 Å². The lowest BCUT2D eigenvalue weighted by Crippen LogP contribution is -2.66. The number of carbonyl (C=O) groups is 2. The molecule has 2 aromatic rings. The number of esters is 1. The van der Waals surface area contributed by atoms with Gasteiger partial charge < -0.3 is 14.6 Å². The molecule has 1 aromatic heterocycles. The van der Waals surface area contributed by atoms with E-state index < -0.39 is 64.2 Å². The minimum atomic E-state index is -5.12. The van der Waals surface area contributed by atoms with Crippen molar-refractivity contribution in [2.45, 2.75) is 44.0 Å². The Bertz CT molecular complexity index is 1290. The molecule has 0 spiro atoms. The molecule has 8 nitrogen and oxygen atoms in total. The van der Waals surface area contributed by atoms with Crippen molar-refractivity contribution < 1.29 is 40.1 Å². The summed E-state index contributed by atoms with van der Waals surface area (Å²) in [5, 5.41) is 0.631. The van der Waals surface area contributed by atoms with Crippen LogP contribution in [0.3, 0.4) is 0 Å². The highest BCUT2D eigenvalue weighted by atomic mass is 32.2. The maximum atomic E-state index is 13.7. The number of aromatic nitrogens is 1. The highest BCUT2D eigenvalue weighted by Crippen LogP contribution is 2.62. The summed E-state index contributed by atoms with van der Waals surface area (Å²) in [6, 6.07) is 5.98. The lowest BCUT2D eigenvalue weighted by Gasteiger charge is -2.61. The molecule has 184 valence electrons. The van der Waals surface area contributed by atoms with Gasteiger partial charge in [-0.2, -0.15) is 21.6 Å². The number of amides is 1. The van der Waals surface area contributed by atoms with Crippen molar-refractivity contribution in [3.8, 4) is 0 Å². The zero-order chi connectivity index (χ0) is 24.6. The van der Waals surface area contributed by atoms with Gasteiger partial charge in [-0.05, 0) is 29.7 Å². The number of benzene rings is 1. The molecule has 5 atom stereocenters. The molecule has 1 aliphatic carbocycles. The van der Waals surface area contributed by atoms with Gasteiger partial charge in [0.1, 0.15) is 12.7 Å². The third-order valence-electron chi connectivity index (χ3n) is 7.55. The Morgan fingerprint density at radius 1 is 1.32 bits per heavy atom. The number of halogens is 3. The van der Waals surface area contributed by atoms with Gasteiger partial charge in [0, 0.05) is 18.0 Å². The summed E-state index contributed by atoms with van der Waals surface area (Å²) >= 11 is 0. The largest absolute Gasteiger partial charge is 0.659 e. The van der Waals surface area contributed by atoms with Gasteiger partial charge in [0.2, 0.25) is 0 Å². The first-order valence-electron chi connectivity index (χ1n) is 10.9. The number of nitrogens with zero attached hydrogens (tertiary/aromatic N) is 2. The maximum absolute atomic E-state index is 13.7. The van der Waals surface area contributed by atoms with E-state index >= 15 is 0 Å². The van der Waals surface area contributed by atoms with Crippen LogP contribution in [0.5, 0.6) is 0 Å². The highest BCUT2D eigenvalue weighted by molar-refractivity contribution is 7.85. The van der Waals surface area contributed by atoms with Gasteiger partial charge in [0.15, 0.2) is 0 Å². The molecule has 5 rings (SSSR count). The first kappa shape index (κ1) is 23.2. The minimum Gasteiger partial charge on any atom is -0.659 e. The molecule has 3 aliphatic rings. The fraction of sp³-hybridized carbons (Fsp3) is 0.545. The van der Waals surface area contributed by atoms with Crippen molar-refractivity contribution >= 4 is 32.9 Å². The van der Waals surface area contributed by atoms with Gasteiger partial charge in [0.25, 0.3) is 10.1 Å². The van der Waals surface area contributed by atoms with Crippen LogP contribution in [-0.4, -0.2) is 56.9 Å². The number of para-hydroxylation sites is 1. The summed E-state index contributed by atoms with van der Waals surface area (Å²) < 4.78 is 74.8. The average Bonchev–Trinajstić information content (AvgIpc) is 3.15. The lowest BCUT2D eigenvalue weighted by atomic mass is 9.54. The predicted molar refractivity (Wildman–Crippen MR) is 112 cm³/mol. The van der Waals surface area contributed by atoms with Crippen LogP contribution in [0.1, 0.15) is 43.0 Å². The second-order valence-corrected chi connectivity index (χ2v) is 10.8. The number of fused-ring (bicyclic) bond motifs is 6. The first-order valence-corrected chi connectivity index (χ1v) is 12.7. The Morgan fingerprint density at radius 3 is 2.68 bits per heavy atom. The third-order valence-corrected chi connectivity index (χ3v) is 8.11. The van der Waals surface area contributed by atoms with E-state index in [1.807, 2.05) is 0 Å². The molecule has 2 saturated heterocycles. The van der Waals surface area contributed by atoms with Gasteiger partial charge in [-0.1, -0.05) is 31.2 Å². The van der Waals surface area contributed by atoms with E-state index in [4.69, 9.17) is 8.92 Å². The van der Waals surface area contributed by atoms with Gasteiger partial charge in [-0.25, -0.2) is 0 Å². The van der Waals surface area contributed by atoms with Crippen LogP contribution in [0.15, 0.2) is 24.3 Å². The predicted octanol–water partition coefficient (Wildman–Crippen LogP) is 2.64. The van der Waals surface area contributed by atoms with Crippen molar-refractivity contribution in [2.75, 3.05) is 19.4 Å². The van der Waals surface area contributed by atoms with Crippen molar-refractivity contribution in [1.29, 1.82) is 0 Å². The van der Waals surface area contributed by atoms with E-state index in [0.29, 0.717) is 16.5 Å². The third kappa shape index (κ3) is 3.33. The number of rotatable bonds is 4. The van der Waals surface area contributed by atoms with Crippen LogP contribution in [0.25, 0.3) is 10.9 Å². The highest BCUT2D eigenvalue weighted by Gasteiger charge is 2.64. The number of cyclic esters (lactones) is 1. The van der Waals surface area contributed by atoms with E-state index in [2.05, 4.69) is 4.98 Å². The number of hydrogen-bond donors (Lipinski definition) is 0. The molecule has 1 amide bonds. The number of likely N-dealkylation sites (tertiary alicyclic amines) is 1. The molecule has 2 fully saturated rings. The van der Waals surface area contributed by atoms with Gasteiger partial charge >= 0.3 is 18.1 Å². The zero-order valence-corrected chi connectivity index (χ0v) is 19.1. The minimum absolute atomic E-state index is 0.0844. The molecule has 2 aliphatic heterocycles. The molecule has 0 N–H and O–H groups in total. The molecule has 0 radical (unpaired) electrons. The number of hydrogen-bond acceptors (Lipinski definition) is 6. The van der Waals surface area contributed by atoms with Crippen molar-refractivity contribution in [3.05, 3.63) is 35.5 Å². The molecular formula is C22H22F3N2O6S-. The first-order chi connectivity index (χ1) is 15.9. The van der Waals surface area contributed by atoms with Crippen LogP contribution in [0, 0.1) is 11.3 Å². The van der Waals surface area contributed by atoms with Gasteiger partial charge in [0.05, 0.1) is 12.2 Å². The molecule has 2 unspecified atom stereocenters. The lowest BCUT2D eigenvalue weighted by molar-refractivity contribution is -0.216. The summed E-state index contributed by atoms with van der Waals surface area (Å²) in [5.74, 6) is -3.85. The SMILES string of the molecule is CC[C@@]12CN(C(=O)C(F)(F)F)C3C[C@@H]1[C@@H](C(=O)OC2COS(C)(=O)=O)c1c3[n-]c2ccccc12. The Kier molecular flexibility index (Phi) is 5.07. The number of ether oxygens (including phenoxy) is 1. The maximum Gasteiger partial charge on any atom is 0.471 e. The average molecular weight is 499 g/mol. The van der Waals surface area contributed by atoms with E-state index in [0.717, 1.165) is 11.2 Å². The monoisotopic (exact) mass is 499 g/mol. The van der Waals surface area contributed by atoms with E-state index in [9.17, 15) is 31.2 Å². The molecule has 0 saturated carbocycles. The summed E-state index contributed by atoms with van der Waals surface area (Å²) in [5.41, 5.74) is 0.169. The second kappa shape index (κ2) is 7.45. The fourth-order valence-corrected chi connectivity index (χ4v) is 6.47. The van der Waals surface area contributed by atoms with E-state index in [1.54, 1.807) is 31.2 Å². The number of alkyl halides is 3. The molecule has 3 heterocycles. The quantitative estimate of drug-likeness (QED) is 0.471. The van der Waals surface area contributed by atoms with Crippen LogP contribution >= 0.6 is 0 Å². The van der Waals surface area contributed by atoms with E-state index in [-0.39, 0.29) is 25.1 Å². The Morgan fingerprint density at radius 2 is 2.03 bits per heavy atom. The molecule has 2 bridgehead atoms. The van der Waals surface area contributed by atoms with Crippen molar-refractivity contribution in [3.63, 3.8) is 0 Å². The second-order valence-electron chi connectivity index (χ2n) is 9.20. The van der Waals surface area contributed by atoms with Crippen LogP contribution in [-0.2, 0) is 28.6 Å². The smallest absolute Gasteiger partial charge is 0.471 e. The fourth-order valence-electron chi connectivity index (χ4n) is 6.10. The molecule has 1 aromatic carbocycles. The summed E-state index contributed by atoms with van der Waals surface area (Å²) in [4.78, 5) is 31.2. The standard InChI is InChI=1S/C22H22F3N2O6S/c1-3-21-10-27(20(29)22(23,24)25)14-8-12(21)17(19(28)33-15(21)9-32-34(2,30)31)16-11-6-4-5-7-13(11)26-18(14)16/h4-7,12,14-15,17H,3,8-10H2,1-2H3/q-1/t12-,14?,15?,17-,21-/m1/s1. The Balaban J connectivity index is 1.71. The van der Waals surface area contributed by atoms with Crippen LogP contribution in [0.2, 0.25) is 0 Å². The summed E-state index contributed by atoms with van der Waals surface area (Å²) in [6.07, 6.45) is -5.09. The van der Waals surface area contributed by atoms with Crippen LogP contribution < -0.4 is 4.98 Å². The molecule has 12 heteroatoms. The topological polar surface area (TPSA) is 104 Å². The number of carbonyl (C=O) groups excluding carboxylic acids is 2. The van der Waals surface area contributed by atoms with E-state index in [1.165, 1.54) is 0 Å².